The summed E-state index contributed by atoms with van der Waals surface area (Å²) in [7, 11) is -5.10. The Kier molecular flexibility index (Phi) is 9.39. The van der Waals surface area contributed by atoms with Crippen LogP contribution in [0, 0.1) is 19.8 Å². The van der Waals surface area contributed by atoms with Crippen LogP contribution in [0.2, 0.25) is 0 Å². The van der Waals surface area contributed by atoms with Gasteiger partial charge in [-0.15, -0.1) is 0 Å². The van der Waals surface area contributed by atoms with Crippen molar-refractivity contribution in [1.82, 2.24) is 14.4 Å². The van der Waals surface area contributed by atoms with Crippen molar-refractivity contribution in [3.63, 3.8) is 0 Å². The number of benzene rings is 2. The van der Waals surface area contributed by atoms with Gasteiger partial charge in [0.25, 0.3) is 15.9 Å². The fourth-order valence-electron chi connectivity index (χ4n) is 4.82. The fourth-order valence-corrected chi connectivity index (χ4v) is 7.34. The molecule has 0 radical (unpaired) electrons. The summed E-state index contributed by atoms with van der Waals surface area (Å²) in [6.45, 7) is 6.33. The van der Waals surface area contributed by atoms with Crippen LogP contribution in [0.4, 0.5) is 5.69 Å². The monoisotopic (exact) mass is 636 g/mol. The Balaban J connectivity index is 1.68. The average Bonchev–Trinajstić information content (AvgIpc) is 3.32. The van der Waals surface area contributed by atoms with Crippen LogP contribution >= 0.6 is 0 Å². The zero-order valence-electron chi connectivity index (χ0n) is 24.8. The molecular weight excluding hydrogens is 600 g/mol. The van der Waals surface area contributed by atoms with Gasteiger partial charge in [-0.25, -0.2) is 16.8 Å². The van der Waals surface area contributed by atoms with Crippen LogP contribution in [-0.4, -0.2) is 88.2 Å². The number of aliphatic hydroxyl groups is 1. The van der Waals surface area contributed by atoms with Crippen LogP contribution in [0.5, 0.6) is 11.5 Å². The molecule has 1 aliphatic heterocycles. The molecule has 0 spiro atoms. The number of aliphatic hydroxyl groups excluding tert-OH is 1. The quantitative estimate of drug-likeness (QED) is 0.337. The van der Waals surface area contributed by atoms with Crippen LogP contribution in [0.1, 0.15) is 35.7 Å². The number of anilines is 1. The summed E-state index contributed by atoms with van der Waals surface area (Å²) in [4.78, 5) is 15.2. The predicted octanol–water partition coefficient (Wildman–Crippen LogP) is 2.64. The van der Waals surface area contributed by atoms with E-state index in [1.807, 2.05) is 6.92 Å². The minimum atomic E-state index is -4.01. The number of hydrogen-bond donors (Lipinski definition) is 2. The van der Waals surface area contributed by atoms with Crippen LogP contribution in [0.25, 0.3) is 0 Å². The van der Waals surface area contributed by atoms with E-state index in [-0.39, 0.29) is 63.9 Å². The maximum Gasteiger partial charge on any atom is 0.261 e. The van der Waals surface area contributed by atoms with E-state index < -0.39 is 38.1 Å². The summed E-state index contributed by atoms with van der Waals surface area (Å²) in [5, 5.41) is 13.7. The largest absolute Gasteiger partial charge is 0.497 e. The predicted molar refractivity (Wildman–Crippen MR) is 157 cm³/mol. The Hall–Kier alpha value is -3.66. The number of nitrogens with one attached hydrogen (secondary N) is 1. The lowest BCUT2D eigenvalue weighted by Crippen LogP contribution is -2.50. The molecule has 1 amide bonds. The Labute approximate surface area is 251 Å². The molecule has 13 nitrogen and oxygen atoms in total. The van der Waals surface area contributed by atoms with Crippen LogP contribution < -0.4 is 14.2 Å². The van der Waals surface area contributed by atoms with Crippen LogP contribution in [-0.2, 0) is 20.0 Å². The molecule has 2 N–H and O–H groups in total. The number of amides is 1. The molecule has 1 aromatic heterocycles. The lowest BCUT2D eigenvalue weighted by Gasteiger charge is -2.38. The minimum Gasteiger partial charge on any atom is -0.497 e. The standard InChI is InChI=1S/C28H36N4O9S2/c1-17-14-32(18(2)16-33)28(34)24-13-21(30-42(35,36)23-10-8-22(39-6)9-11-23)7-12-25(24)40-26(17)15-31(5)43(37,38)27-19(3)29-41-20(27)4/h7-13,17-18,26,30,33H,14-16H2,1-6H3/t17-,18+,26-/m0/s1. The molecule has 0 saturated heterocycles. The van der Waals surface area contributed by atoms with Crippen LogP contribution in [0.15, 0.2) is 56.8 Å². The van der Waals surface area contributed by atoms with Gasteiger partial charge in [0.2, 0.25) is 10.0 Å². The first-order chi connectivity index (χ1) is 20.2. The molecule has 0 bridgehead atoms. The van der Waals surface area contributed by atoms with E-state index >= 15 is 0 Å². The van der Waals surface area contributed by atoms with Gasteiger partial charge in [-0.1, -0.05) is 12.1 Å². The van der Waals surface area contributed by atoms with Crippen molar-refractivity contribution < 1.29 is 40.7 Å². The number of carbonyl (C=O) groups is 1. The molecule has 15 heteroatoms. The second-order valence-corrected chi connectivity index (χ2v) is 14.2. The maximum absolute atomic E-state index is 13.7. The number of aryl methyl sites for hydroxylation is 2. The highest BCUT2D eigenvalue weighted by Crippen LogP contribution is 2.32. The van der Waals surface area contributed by atoms with Gasteiger partial charge in [0, 0.05) is 25.2 Å². The molecule has 4 rings (SSSR count). The van der Waals surface area contributed by atoms with Crippen molar-refractivity contribution in [2.24, 2.45) is 5.92 Å². The van der Waals surface area contributed by atoms with Gasteiger partial charge in [-0.3, -0.25) is 9.52 Å². The number of fused-ring (bicyclic) bond motifs is 1. The molecule has 0 aliphatic carbocycles. The SMILES string of the molecule is COc1ccc(S(=O)(=O)Nc2ccc3c(c2)C(=O)N([C@H](C)CO)C[C@H](C)[C@H](CN(C)S(=O)(=O)c2c(C)noc2C)O3)cc1. The van der Waals surface area contributed by atoms with Gasteiger partial charge in [-0.2, -0.15) is 4.31 Å². The van der Waals surface area contributed by atoms with Gasteiger partial charge in [0.1, 0.15) is 28.2 Å². The summed E-state index contributed by atoms with van der Waals surface area (Å²) in [5.74, 6) is -0.0211. The fraction of sp³-hybridized carbons (Fsp3) is 0.429. The first-order valence-corrected chi connectivity index (χ1v) is 16.4. The lowest BCUT2D eigenvalue weighted by molar-refractivity contribution is 0.0387. The molecule has 2 aromatic carbocycles. The van der Waals surface area contributed by atoms with Gasteiger partial charge >= 0.3 is 0 Å². The summed E-state index contributed by atoms with van der Waals surface area (Å²) < 4.78 is 73.0. The topological polar surface area (TPSA) is 169 Å². The number of nitrogens with zero attached hydrogens (tertiary/aromatic N) is 3. The summed E-state index contributed by atoms with van der Waals surface area (Å²) in [5.41, 5.74) is 0.411. The number of aromatic nitrogens is 1. The van der Waals surface area contributed by atoms with Crippen molar-refractivity contribution in [1.29, 1.82) is 0 Å². The first-order valence-electron chi connectivity index (χ1n) is 13.5. The second-order valence-electron chi connectivity index (χ2n) is 10.6. The molecule has 0 fully saturated rings. The maximum atomic E-state index is 13.7. The Bertz CT molecular complexity index is 1670. The molecule has 43 heavy (non-hydrogen) atoms. The Morgan fingerprint density at radius 2 is 1.84 bits per heavy atom. The number of hydrogen-bond acceptors (Lipinski definition) is 10. The molecule has 2 heterocycles. The van der Waals surface area contributed by atoms with E-state index in [1.165, 1.54) is 68.4 Å². The molecular formula is C28H36N4O9S2. The Morgan fingerprint density at radius 1 is 1.16 bits per heavy atom. The first kappa shape index (κ1) is 32.3. The van der Waals surface area contributed by atoms with E-state index in [2.05, 4.69) is 9.88 Å². The zero-order valence-corrected chi connectivity index (χ0v) is 26.4. The molecule has 3 aromatic rings. The average molecular weight is 637 g/mol. The van der Waals surface area contributed by atoms with E-state index in [0.29, 0.717) is 5.75 Å². The number of carbonyl (C=O) groups excluding carboxylic acids is 1. The number of sulfonamides is 2. The van der Waals surface area contributed by atoms with Crippen molar-refractivity contribution in [3.05, 3.63) is 59.5 Å². The van der Waals surface area contributed by atoms with Gasteiger partial charge in [-0.05, 0) is 63.2 Å². The summed E-state index contributed by atoms with van der Waals surface area (Å²) in [6, 6.07) is 9.54. The zero-order chi connectivity index (χ0) is 31.7. The van der Waals surface area contributed by atoms with Crippen molar-refractivity contribution in [2.75, 3.05) is 38.6 Å². The number of likely N-dealkylation sites (N-methyl/N-ethyl adjacent to an activating group) is 1. The third-order valence-corrected chi connectivity index (χ3v) is 10.8. The van der Waals surface area contributed by atoms with E-state index in [0.717, 1.165) is 4.31 Å². The van der Waals surface area contributed by atoms with Gasteiger partial charge in [0.05, 0.1) is 36.8 Å². The van der Waals surface area contributed by atoms with Crippen molar-refractivity contribution >= 4 is 31.6 Å². The highest BCUT2D eigenvalue weighted by atomic mass is 32.2. The third-order valence-electron chi connectivity index (χ3n) is 7.36. The molecule has 3 atom stereocenters. The Morgan fingerprint density at radius 3 is 2.42 bits per heavy atom. The summed E-state index contributed by atoms with van der Waals surface area (Å²) >= 11 is 0. The molecule has 0 saturated carbocycles. The smallest absolute Gasteiger partial charge is 0.261 e. The number of rotatable bonds is 10. The second kappa shape index (κ2) is 12.5. The van der Waals surface area contributed by atoms with Gasteiger partial charge in [0.15, 0.2) is 5.76 Å². The summed E-state index contributed by atoms with van der Waals surface area (Å²) in [6.07, 6.45) is -0.720. The lowest BCUT2D eigenvalue weighted by atomic mass is 9.99. The normalized spacial score (nSPS) is 18.4. The van der Waals surface area contributed by atoms with E-state index in [1.54, 1.807) is 13.8 Å². The van der Waals surface area contributed by atoms with Crippen molar-refractivity contribution in [2.45, 2.75) is 49.6 Å². The minimum absolute atomic E-state index is 0.00502. The van der Waals surface area contributed by atoms with E-state index in [4.69, 9.17) is 14.0 Å². The van der Waals surface area contributed by atoms with Gasteiger partial charge < -0.3 is 24.0 Å². The third kappa shape index (κ3) is 6.64. The molecule has 1 aliphatic rings. The highest BCUT2D eigenvalue weighted by molar-refractivity contribution is 7.92. The molecule has 234 valence electrons. The van der Waals surface area contributed by atoms with E-state index in [9.17, 15) is 26.7 Å². The number of ether oxygens (including phenoxy) is 2. The molecule has 0 unspecified atom stereocenters. The van der Waals surface area contributed by atoms with Crippen LogP contribution in [0.3, 0.4) is 0 Å². The van der Waals surface area contributed by atoms with Crippen molar-refractivity contribution in [3.8, 4) is 11.5 Å². The highest BCUT2D eigenvalue weighted by Gasteiger charge is 2.37. The number of methoxy groups -OCH3 is 1.